The fourth-order valence-corrected chi connectivity index (χ4v) is 4.02. The van der Waals surface area contributed by atoms with Gasteiger partial charge < -0.3 is 14.8 Å². The number of rotatable bonds is 3. The van der Waals surface area contributed by atoms with Crippen LogP contribution in [-0.4, -0.2) is 18.7 Å². The first-order valence-electron chi connectivity index (χ1n) is 7.55. The number of hydrogen-bond donors (Lipinski definition) is 1. The quantitative estimate of drug-likeness (QED) is 0.324. The van der Waals surface area contributed by atoms with E-state index in [9.17, 15) is 9.59 Å². The SMILES string of the molecule is CCOC(=O)Oc1c(Br)cc(C=C2C(=O)Nc3ccc(Cl)cc32)cc1Br. The van der Waals surface area contributed by atoms with Crippen LogP contribution in [-0.2, 0) is 9.53 Å². The zero-order valence-electron chi connectivity index (χ0n) is 13.4. The Balaban J connectivity index is 1.97. The molecule has 8 heteroatoms. The van der Waals surface area contributed by atoms with Crippen LogP contribution in [0, 0.1) is 0 Å². The van der Waals surface area contributed by atoms with Crippen molar-refractivity contribution in [2.24, 2.45) is 0 Å². The maximum absolute atomic E-state index is 12.3. The van der Waals surface area contributed by atoms with Gasteiger partial charge >= 0.3 is 6.16 Å². The number of nitrogens with one attached hydrogen (secondary N) is 1. The summed E-state index contributed by atoms with van der Waals surface area (Å²) in [4.78, 5) is 23.8. The number of anilines is 1. The topological polar surface area (TPSA) is 64.6 Å². The fourth-order valence-electron chi connectivity index (χ4n) is 2.46. The third-order valence-corrected chi connectivity index (χ3v) is 4.96. The molecule has 0 aliphatic carbocycles. The summed E-state index contributed by atoms with van der Waals surface area (Å²) in [6.07, 6.45) is 0.944. The molecule has 2 aromatic rings. The lowest BCUT2D eigenvalue weighted by Crippen LogP contribution is -2.10. The Labute approximate surface area is 171 Å². The van der Waals surface area contributed by atoms with Crippen molar-refractivity contribution in [3.05, 3.63) is 55.4 Å². The average Bonchev–Trinajstić information content (AvgIpc) is 2.87. The maximum atomic E-state index is 12.3. The lowest BCUT2D eigenvalue weighted by molar-refractivity contribution is -0.110. The molecule has 0 radical (unpaired) electrons. The molecule has 1 aliphatic rings. The summed E-state index contributed by atoms with van der Waals surface area (Å²) in [7, 11) is 0. The highest BCUT2D eigenvalue weighted by molar-refractivity contribution is 9.11. The summed E-state index contributed by atoms with van der Waals surface area (Å²) in [5.41, 5.74) is 2.69. The van der Waals surface area contributed by atoms with Crippen LogP contribution in [0.15, 0.2) is 39.3 Å². The molecule has 0 saturated heterocycles. The fraction of sp³-hybridized carbons (Fsp3) is 0.111. The van der Waals surface area contributed by atoms with Crippen molar-refractivity contribution in [3.8, 4) is 5.75 Å². The van der Waals surface area contributed by atoms with E-state index in [1.54, 1.807) is 43.3 Å². The van der Waals surface area contributed by atoms with Crippen LogP contribution in [0.4, 0.5) is 10.5 Å². The van der Waals surface area contributed by atoms with Crippen LogP contribution >= 0.6 is 43.5 Å². The molecular formula is C18H12Br2ClNO4. The van der Waals surface area contributed by atoms with Gasteiger partial charge in [-0.3, -0.25) is 4.79 Å². The van der Waals surface area contributed by atoms with E-state index in [-0.39, 0.29) is 12.5 Å². The van der Waals surface area contributed by atoms with Crippen molar-refractivity contribution < 1.29 is 19.1 Å². The van der Waals surface area contributed by atoms with Gasteiger partial charge in [0.1, 0.15) is 0 Å². The minimum absolute atomic E-state index is 0.207. The highest BCUT2D eigenvalue weighted by atomic mass is 79.9. The molecule has 1 amide bonds. The van der Waals surface area contributed by atoms with Crippen molar-refractivity contribution in [3.63, 3.8) is 0 Å². The van der Waals surface area contributed by atoms with Crippen LogP contribution in [0.5, 0.6) is 5.75 Å². The van der Waals surface area contributed by atoms with Gasteiger partial charge in [0.05, 0.1) is 15.6 Å². The summed E-state index contributed by atoms with van der Waals surface area (Å²) >= 11 is 12.8. The summed E-state index contributed by atoms with van der Waals surface area (Å²) in [6, 6.07) is 8.70. The molecule has 1 aliphatic heterocycles. The zero-order chi connectivity index (χ0) is 18.8. The second-order valence-electron chi connectivity index (χ2n) is 5.30. The molecule has 2 aromatic carbocycles. The number of halogens is 3. The number of amides is 1. The number of fused-ring (bicyclic) bond motifs is 1. The molecule has 0 aromatic heterocycles. The second-order valence-corrected chi connectivity index (χ2v) is 7.45. The van der Waals surface area contributed by atoms with E-state index in [4.69, 9.17) is 21.1 Å². The van der Waals surface area contributed by atoms with Gasteiger partial charge in [0.15, 0.2) is 5.75 Å². The number of carbonyl (C=O) groups excluding carboxylic acids is 2. The van der Waals surface area contributed by atoms with Gasteiger partial charge in [0.25, 0.3) is 5.91 Å². The van der Waals surface area contributed by atoms with Gasteiger partial charge in [-0.15, -0.1) is 0 Å². The van der Waals surface area contributed by atoms with Crippen LogP contribution in [0.2, 0.25) is 5.02 Å². The summed E-state index contributed by atoms with van der Waals surface area (Å²) in [5.74, 6) is 0.0891. The zero-order valence-corrected chi connectivity index (χ0v) is 17.4. The highest BCUT2D eigenvalue weighted by Crippen LogP contribution is 2.38. The lowest BCUT2D eigenvalue weighted by atomic mass is 10.0. The Kier molecular flexibility index (Phi) is 5.70. The first kappa shape index (κ1) is 18.9. The summed E-state index contributed by atoms with van der Waals surface area (Å²) < 4.78 is 11.0. The van der Waals surface area contributed by atoms with Crippen LogP contribution in [0.3, 0.4) is 0 Å². The minimum Gasteiger partial charge on any atom is -0.434 e. The van der Waals surface area contributed by atoms with E-state index in [0.717, 1.165) is 11.1 Å². The van der Waals surface area contributed by atoms with Gasteiger partial charge in [-0.1, -0.05) is 11.6 Å². The van der Waals surface area contributed by atoms with Crippen molar-refractivity contribution in [1.82, 2.24) is 0 Å². The molecule has 3 rings (SSSR count). The largest absolute Gasteiger partial charge is 0.513 e. The Morgan fingerprint density at radius 2 is 1.92 bits per heavy atom. The molecule has 0 spiro atoms. The first-order chi connectivity index (χ1) is 12.4. The molecule has 1 N–H and O–H groups in total. The van der Waals surface area contributed by atoms with Crippen molar-refractivity contribution in [2.45, 2.75) is 6.92 Å². The number of benzene rings is 2. The molecule has 0 unspecified atom stereocenters. The molecule has 0 fully saturated rings. The van der Waals surface area contributed by atoms with E-state index in [2.05, 4.69) is 37.2 Å². The first-order valence-corrected chi connectivity index (χ1v) is 9.52. The summed E-state index contributed by atoms with van der Waals surface area (Å²) in [6.45, 7) is 1.91. The molecule has 0 saturated carbocycles. The monoisotopic (exact) mass is 499 g/mol. The van der Waals surface area contributed by atoms with Crippen molar-refractivity contribution >= 4 is 72.9 Å². The highest BCUT2D eigenvalue weighted by Gasteiger charge is 2.24. The predicted molar refractivity (Wildman–Crippen MR) is 107 cm³/mol. The molecular weight excluding hydrogens is 489 g/mol. The van der Waals surface area contributed by atoms with Gasteiger partial charge in [0.2, 0.25) is 0 Å². The van der Waals surface area contributed by atoms with E-state index in [0.29, 0.717) is 31.0 Å². The van der Waals surface area contributed by atoms with Crippen LogP contribution < -0.4 is 10.1 Å². The number of carbonyl (C=O) groups is 2. The number of ether oxygens (including phenoxy) is 2. The normalized spacial score (nSPS) is 14.2. The Bertz CT molecular complexity index is 920. The molecule has 5 nitrogen and oxygen atoms in total. The lowest BCUT2D eigenvalue weighted by Gasteiger charge is -2.09. The minimum atomic E-state index is -0.793. The average molecular weight is 502 g/mol. The van der Waals surface area contributed by atoms with E-state index in [1.165, 1.54) is 0 Å². The molecule has 134 valence electrons. The summed E-state index contributed by atoms with van der Waals surface area (Å²) in [5, 5.41) is 3.35. The molecule has 0 atom stereocenters. The third kappa shape index (κ3) is 3.95. The van der Waals surface area contributed by atoms with Crippen molar-refractivity contribution in [1.29, 1.82) is 0 Å². The maximum Gasteiger partial charge on any atom is 0.513 e. The third-order valence-electron chi connectivity index (χ3n) is 3.54. The van der Waals surface area contributed by atoms with Gasteiger partial charge in [-0.2, -0.15) is 0 Å². The smallest absolute Gasteiger partial charge is 0.434 e. The Morgan fingerprint density at radius 1 is 1.23 bits per heavy atom. The molecule has 1 heterocycles. The number of hydrogen-bond acceptors (Lipinski definition) is 4. The van der Waals surface area contributed by atoms with E-state index < -0.39 is 6.16 Å². The van der Waals surface area contributed by atoms with Crippen molar-refractivity contribution in [2.75, 3.05) is 11.9 Å². The second kappa shape index (κ2) is 7.82. The molecule has 0 bridgehead atoms. The molecule has 26 heavy (non-hydrogen) atoms. The van der Waals surface area contributed by atoms with Gasteiger partial charge in [0, 0.05) is 21.8 Å². The standard InChI is InChI=1S/C18H12Br2ClNO4/c1-2-25-18(24)26-16-13(19)6-9(7-14(16)20)5-12-11-8-10(21)3-4-15(11)22-17(12)23/h3-8H,2H2,1H3,(H,22,23). The van der Waals surface area contributed by atoms with Crippen LogP contribution in [0.25, 0.3) is 11.6 Å². The van der Waals surface area contributed by atoms with Gasteiger partial charge in [-0.05, 0) is 80.8 Å². The van der Waals surface area contributed by atoms with E-state index >= 15 is 0 Å². The Morgan fingerprint density at radius 3 is 2.58 bits per heavy atom. The van der Waals surface area contributed by atoms with Gasteiger partial charge in [-0.25, -0.2) is 4.79 Å². The predicted octanol–water partition coefficient (Wildman–Crippen LogP) is 5.89. The van der Waals surface area contributed by atoms with E-state index in [1.807, 2.05) is 0 Å². The Hall–Kier alpha value is -1.83. The van der Waals surface area contributed by atoms with Crippen LogP contribution in [0.1, 0.15) is 18.1 Å².